The second-order valence-electron chi connectivity index (χ2n) is 6.06. The second-order valence-corrected chi connectivity index (χ2v) is 8.13. The Balaban J connectivity index is 2.06. The van der Waals surface area contributed by atoms with Crippen molar-refractivity contribution < 1.29 is 4.79 Å². The molecule has 2 rings (SSSR count). The van der Waals surface area contributed by atoms with Gasteiger partial charge in [0.1, 0.15) is 0 Å². The third-order valence-corrected chi connectivity index (χ3v) is 5.15. The molecule has 2 nitrogen and oxygen atoms in total. The van der Waals surface area contributed by atoms with Crippen LogP contribution in [0.1, 0.15) is 49.9 Å². The number of rotatable bonds is 2. The minimum atomic E-state index is 0.0494. The minimum absolute atomic E-state index is 0.0494. The molecule has 0 aliphatic heterocycles. The average Bonchev–Trinajstić information content (AvgIpc) is 2.31. The van der Waals surface area contributed by atoms with Gasteiger partial charge in [0, 0.05) is 14.1 Å². The molecule has 4 heteroatoms. The van der Waals surface area contributed by atoms with Crippen molar-refractivity contribution in [3.63, 3.8) is 0 Å². The topological polar surface area (TPSA) is 29.1 Å². The molecular formula is C15H19BrINO. The van der Waals surface area contributed by atoms with Gasteiger partial charge in [0.25, 0.3) is 5.91 Å². The van der Waals surface area contributed by atoms with Crippen molar-refractivity contribution in [1.82, 2.24) is 5.32 Å². The number of carbonyl (C=O) groups excluding carboxylic acids is 1. The molecule has 104 valence electrons. The molecule has 1 aromatic rings. The lowest BCUT2D eigenvalue weighted by atomic mass is 9.75. The molecule has 19 heavy (non-hydrogen) atoms. The molecule has 0 heterocycles. The third-order valence-electron chi connectivity index (χ3n) is 3.71. The van der Waals surface area contributed by atoms with Gasteiger partial charge < -0.3 is 5.32 Å². The molecule has 1 fully saturated rings. The van der Waals surface area contributed by atoms with Crippen molar-refractivity contribution in [2.24, 2.45) is 5.41 Å². The summed E-state index contributed by atoms with van der Waals surface area (Å²) in [5, 5.41) is 3.19. The van der Waals surface area contributed by atoms with Crippen LogP contribution in [0.2, 0.25) is 0 Å². The summed E-state index contributed by atoms with van der Waals surface area (Å²) in [5.74, 6) is 0.0494. The van der Waals surface area contributed by atoms with Gasteiger partial charge in [0.15, 0.2) is 0 Å². The van der Waals surface area contributed by atoms with E-state index in [1.54, 1.807) is 0 Å². The highest BCUT2D eigenvalue weighted by Gasteiger charge is 2.29. The zero-order valence-corrected chi connectivity index (χ0v) is 15.0. The fourth-order valence-electron chi connectivity index (χ4n) is 2.76. The number of amides is 1. The van der Waals surface area contributed by atoms with E-state index >= 15 is 0 Å². The van der Waals surface area contributed by atoms with E-state index < -0.39 is 0 Å². The van der Waals surface area contributed by atoms with Gasteiger partial charge in [-0.15, -0.1) is 0 Å². The SMILES string of the molecule is CC1(C)CCCC(NC(=O)c2cc(Br)ccc2I)C1. The first-order valence-electron chi connectivity index (χ1n) is 6.63. The molecule has 1 aromatic carbocycles. The van der Waals surface area contributed by atoms with Gasteiger partial charge in [-0.25, -0.2) is 0 Å². The summed E-state index contributed by atoms with van der Waals surface area (Å²) in [5.41, 5.74) is 1.11. The smallest absolute Gasteiger partial charge is 0.252 e. The molecule has 0 saturated heterocycles. The molecule has 1 unspecified atom stereocenters. The Labute approximate surface area is 137 Å². The molecule has 0 aromatic heterocycles. The predicted molar refractivity (Wildman–Crippen MR) is 90.4 cm³/mol. The highest BCUT2D eigenvalue weighted by atomic mass is 127. The van der Waals surface area contributed by atoms with Crippen LogP contribution < -0.4 is 5.32 Å². The molecule has 0 radical (unpaired) electrons. The van der Waals surface area contributed by atoms with Crippen molar-refractivity contribution in [3.05, 3.63) is 31.8 Å². The summed E-state index contributed by atoms with van der Waals surface area (Å²) in [7, 11) is 0. The van der Waals surface area contributed by atoms with E-state index in [2.05, 4.69) is 57.7 Å². The van der Waals surface area contributed by atoms with Crippen molar-refractivity contribution in [2.45, 2.75) is 45.6 Å². The first kappa shape index (κ1) is 15.3. The van der Waals surface area contributed by atoms with E-state index in [1.165, 1.54) is 12.8 Å². The molecule has 1 saturated carbocycles. The average molecular weight is 436 g/mol. The van der Waals surface area contributed by atoms with Gasteiger partial charge >= 0.3 is 0 Å². The molecular weight excluding hydrogens is 417 g/mol. The van der Waals surface area contributed by atoms with Gasteiger partial charge in [-0.3, -0.25) is 4.79 Å². The Hall–Kier alpha value is -0.100. The first-order valence-corrected chi connectivity index (χ1v) is 8.50. The van der Waals surface area contributed by atoms with Crippen LogP contribution >= 0.6 is 38.5 Å². The van der Waals surface area contributed by atoms with Gasteiger partial charge in [-0.2, -0.15) is 0 Å². The maximum atomic E-state index is 12.4. The van der Waals surface area contributed by atoms with Crippen LogP contribution in [0.15, 0.2) is 22.7 Å². The molecule has 0 bridgehead atoms. The number of halogens is 2. The highest BCUT2D eigenvalue weighted by molar-refractivity contribution is 14.1. The van der Waals surface area contributed by atoms with Crippen molar-refractivity contribution >= 4 is 44.4 Å². The quantitative estimate of drug-likeness (QED) is 0.667. The number of hydrogen-bond acceptors (Lipinski definition) is 1. The molecule has 1 aliphatic carbocycles. The van der Waals surface area contributed by atoms with Crippen LogP contribution in [0.25, 0.3) is 0 Å². The van der Waals surface area contributed by atoms with Crippen molar-refractivity contribution in [2.75, 3.05) is 0 Å². The van der Waals surface area contributed by atoms with Gasteiger partial charge in [-0.1, -0.05) is 36.2 Å². The standard InChI is InChI=1S/C15H19BrINO/c1-15(2)7-3-4-11(9-15)18-14(19)12-8-10(16)5-6-13(12)17/h5-6,8,11H,3-4,7,9H2,1-2H3,(H,18,19). The summed E-state index contributed by atoms with van der Waals surface area (Å²) in [6.45, 7) is 4.57. The zero-order chi connectivity index (χ0) is 14.0. The summed E-state index contributed by atoms with van der Waals surface area (Å²) in [6, 6.07) is 6.13. The Kier molecular flexibility index (Phi) is 4.93. The van der Waals surface area contributed by atoms with Crippen LogP contribution in [0.5, 0.6) is 0 Å². The van der Waals surface area contributed by atoms with Crippen molar-refractivity contribution in [3.8, 4) is 0 Å². The van der Waals surface area contributed by atoms with Crippen LogP contribution in [-0.2, 0) is 0 Å². The van der Waals surface area contributed by atoms with Crippen LogP contribution in [-0.4, -0.2) is 11.9 Å². The predicted octanol–water partition coefficient (Wildman–Crippen LogP) is 4.75. The van der Waals surface area contributed by atoms with E-state index in [9.17, 15) is 4.79 Å². The van der Waals surface area contributed by atoms with E-state index in [-0.39, 0.29) is 5.91 Å². The highest BCUT2D eigenvalue weighted by Crippen LogP contribution is 2.35. The fourth-order valence-corrected chi connectivity index (χ4v) is 3.70. The molecule has 1 aliphatic rings. The normalized spacial score (nSPS) is 22.0. The lowest BCUT2D eigenvalue weighted by Gasteiger charge is -2.35. The number of nitrogens with one attached hydrogen (secondary N) is 1. The van der Waals surface area contributed by atoms with Gasteiger partial charge in [-0.05, 0) is 65.5 Å². The van der Waals surface area contributed by atoms with Gasteiger partial charge in [0.2, 0.25) is 0 Å². The third kappa shape index (κ3) is 4.18. The molecule has 1 N–H and O–H groups in total. The summed E-state index contributed by atoms with van der Waals surface area (Å²) in [4.78, 5) is 12.4. The zero-order valence-electron chi connectivity index (χ0n) is 11.3. The van der Waals surface area contributed by atoms with Gasteiger partial charge in [0.05, 0.1) is 5.56 Å². The van der Waals surface area contributed by atoms with E-state index in [1.807, 2.05) is 18.2 Å². The number of benzene rings is 1. The lowest BCUT2D eigenvalue weighted by Crippen LogP contribution is -2.40. The summed E-state index contributed by atoms with van der Waals surface area (Å²) < 4.78 is 1.94. The Morgan fingerprint density at radius 1 is 1.47 bits per heavy atom. The number of carbonyl (C=O) groups is 1. The van der Waals surface area contributed by atoms with E-state index in [0.29, 0.717) is 11.5 Å². The minimum Gasteiger partial charge on any atom is -0.349 e. The maximum absolute atomic E-state index is 12.4. The molecule has 0 spiro atoms. The van der Waals surface area contributed by atoms with Crippen LogP contribution in [0.4, 0.5) is 0 Å². The maximum Gasteiger partial charge on any atom is 0.252 e. The number of hydrogen-bond donors (Lipinski definition) is 1. The summed E-state index contributed by atoms with van der Waals surface area (Å²) >= 11 is 5.64. The van der Waals surface area contributed by atoms with E-state index in [0.717, 1.165) is 26.4 Å². The molecule has 1 amide bonds. The first-order chi connectivity index (χ1) is 8.87. The Bertz CT molecular complexity index is 487. The Morgan fingerprint density at radius 2 is 2.21 bits per heavy atom. The van der Waals surface area contributed by atoms with Crippen LogP contribution in [0.3, 0.4) is 0 Å². The molecule has 1 atom stereocenters. The Morgan fingerprint density at radius 3 is 2.89 bits per heavy atom. The summed E-state index contributed by atoms with van der Waals surface area (Å²) in [6.07, 6.45) is 4.63. The monoisotopic (exact) mass is 435 g/mol. The fraction of sp³-hybridized carbons (Fsp3) is 0.533. The largest absolute Gasteiger partial charge is 0.349 e. The second kappa shape index (κ2) is 6.12. The van der Waals surface area contributed by atoms with E-state index in [4.69, 9.17) is 0 Å². The van der Waals surface area contributed by atoms with Crippen LogP contribution in [0, 0.1) is 8.99 Å². The van der Waals surface area contributed by atoms with Crippen molar-refractivity contribution in [1.29, 1.82) is 0 Å². The lowest BCUT2D eigenvalue weighted by molar-refractivity contribution is 0.0901.